The lowest BCUT2D eigenvalue weighted by Gasteiger charge is -2.30. The second-order valence-corrected chi connectivity index (χ2v) is 11.8. The SMILES string of the molecule is CCOC(=O)/C=C1\CCCC(c2c(C3CCOCC3)n(-c3ccc(F)c(C)c3)c3ccc(OCc4ccccc4)cc23)C1. The largest absolute Gasteiger partial charge is 0.489 e. The van der Waals surface area contributed by atoms with Gasteiger partial charge in [0.05, 0.1) is 12.1 Å². The van der Waals surface area contributed by atoms with Crippen molar-refractivity contribution in [2.24, 2.45) is 0 Å². The summed E-state index contributed by atoms with van der Waals surface area (Å²) >= 11 is 0. The highest BCUT2D eigenvalue weighted by molar-refractivity contribution is 5.90. The fraction of sp³-hybridized carbons (Fsp3) is 0.378. The Balaban J connectivity index is 1.51. The van der Waals surface area contributed by atoms with E-state index >= 15 is 0 Å². The van der Waals surface area contributed by atoms with Crippen molar-refractivity contribution in [3.05, 3.63) is 107 Å². The van der Waals surface area contributed by atoms with Gasteiger partial charge >= 0.3 is 5.97 Å². The molecule has 1 aliphatic carbocycles. The van der Waals surface area contributed by atoms with E-state index in [2.05, 4.69) is 28.8 Å². The first kappa shape index (κ1) is 29.2. The van der Waals surface area contributed by atoms with Crippen LogP contribution in [0.4, 0.5) is 4.39 Å². The number of esters is 1. The lowest BCUT2D eigenvalue weighted by molar-refractivity contribution is -0.137. The number of hydrogen-bond acceptors (Lipinski definition) is 4. The van der Waals surface area contributed by atoms with Gasteiger partial charge in [0, 0.05) is 42.0 Å². The van der Waals surface area contributed by atoms with Crippen LogP contribution in [-0.4, -0.2) is 30.4 Å². The van der Waals surface area contributed by atoms with E-state index in [1.807, 2.05) is 50.2 Å². The van der Waals surface area contributed by atoms with Gasteiger partial charge in [-0.2, -0.15) is 0 Å². The Morgan fingerprint density at radius 1 is 1.02 bits per heavy atom. The number of allylic oxidation sites excluding steroid dienone is 1. The van der Waals surface area contributed by atoms with Crippen molar-refractivity contribution in [3.63, 3.8) is 0 Å². The molecule has 43 heavy (non-hydrogen) atoms. The molecule has 0 N–H and O–H groups in total. The fourth-order valence-corrected chi connectivity index (χ4v) is 6.82. The Morgan fingerprint density at radius 2 is 1.84 bits per heavy atom. The van der Waals surface area contributed by atoms with Crippen LogP contribution < -0.4 is 4.74 Å². The van der Waals surface area contributed by atoms with Crippen LogP contribution in [0, 0.1) is 12.7 Å². The number of carbonyl (C=O) groups excluding carboxylic acids is 1. The van der Waals surface area contributed by atoms with Crippen LogP contribution in [0.2, 0.25) is 0 Å². The van der Waals surface area contributed by atoms with Gasteiger partial charge in [0.25, 0.3) is 0 Å². The summed E-state index contributed by atoms with van der Waals surface area (Å²) in [6.45, 7) is 5.96. The predicted octanol–water partition coefficient (Wildman–Crippen LogP) is 8.70. The van der Waals surface area contributed by atoms with Crippen molar-refractivity contribution < 1.29 is 23.4 Å². The molecule has 0 amide bonds. The molecule has 6 heteroatoms. The highest BCUT2D eigenvalue weighted by Gasteiger charge is 2.32. The van der Waals surface area contributed by atoms with Crippen molar-refractivity contribution in [2.75, 3.05) is 19.8 Å². The molecule has 1 aliphatic heterocycles. The number of fused-ring (bicyclic) bond motifs is 1. The standard InChI is InChI=1S/C37H40FNO4/c1-3-42-35(40)22-27-10-7-11-29(21-27)36-32-23-31(43-24-26-8-5-4-6-9-26)13-15-34(32)39(30-12-14-33(38)25(2)20-30)37(36)28-16-18-41-19-17-28/h4-6,8-9,12-15,20,22-23,28-29H,3,7,10-11,16-19,21,24H2,1-2H3/b27-22+. The molecule has 1 unspecified atom stereocenters. The summed E-state index contributed by atoms with van der Waals surface area (Å²) in [4.78, 5) is 12.4. The van der Waals surface area contributed by atoms with Gasteiger partial charge in [-0.05, 0) is 111 Å². The summed E-state index contributed by atoms with van der Waals surface area (Å²) in [5.74, 6) is 0.896. The summed E-state index contributed by atoms with van der Waals surface area (Å²) in [5, 5.41) is 1.16. The molecule has 3 aromatic carbocycles. The van der Waals surface area contributed by atoms with Crippen LogP contribution >= 0.6 is 0 Å². The van der Waals surface area contributed by atoms with Gasteiger partial charge in [-0.15, -0.1) is 0 Å². The maximum absolute atomic E-state index is 14.5. The molecule has 0 spiro atoms. The van der Waals surface area contributed by atoms with Gasteiger partial charge in [-0.25, -0.2) is 9.18 Å². The number of hydrogen-bond donors (Lipinski definition) is 0. The second-order valence-electron chi connectivity index (χ2n) is 11.8. The first-order valence-corrected chi connectivity index (χ1v) is 15.6. The van der Waals surface area contributed by atoms with Crippen molar-refractivity contribution in [2.45, 2.75) is 70.8 Å². The van der Waals surface area contributed by atoms with E-state index in [0.29, 0.717) is 24.7 Å². The van der Waals surface area contributed by atoms with Gasteiger partial charge in [0.1, 0.15) is 18.2 Å². The topological polar surface area (TPSA) is 49.7 Å². The maximum atomic E-state index is 14.5. The molecular formula is C37H40FNO4. The highest BCUT2D eigenvalue weighted by atomic mass is 19.1. The molecule has 2 fully saturated rings. The number of rotatable bonds is 8. The first-order valence-electron chi connectivity index (χ1n) is 15.6. The Morgan fingerprint density at radius 3 is 2.60 bits per heavy atom. The normalized spacial score (nSPS) is 18.7. The quantitative estimate of drug-likeness (QED) is 0.154. The predicted molar refractivity (Wildman–Crippen MR) is 167 cm³/mol. The molecule has 0 radical (unpaired) electrons. The number of carbonyl (C=O) groups is 1. The molecule has 1 saturated carbocycles. The van der Waals surface area contributed by atoms with Crippen LogP contribution in [0.5, 0.6) is 5.75 Å². The average molecular weight is 582 g/mol. The van der Waals surface area contributed by atoms with Crippen LogP contribution in [-0.2, 0) is 20.9 Å². The Labute approximate surface area is 253 Å². The van der Waals surface area contributed by atoms with E-state index in [1.165, 1.54) is 11.3 Å². The number of benzene rings is 3. The molecule has 1 saturated heterocycles. The molecule has 4 aromatic rings. The van der Waals surface area contributed by atoms with Gasteiger partial charge in [0.2, 0.25) is 0 Å². The molecule has 224 valence electrons. The molecule has 1 aromatic heterocycles. The molecule has 2 heterocycles. The fourth-order valence-electron chi connectivity index (χ4n) is 6.82. The minimum absolute atomic E-state index is 0.203. The van der Waals surface area contributed by atoms with Gasteiger partial charge in [-0.1, -0.05) is 35.9 Å². The number of ether oxygens (including phenoxy) is 3. The van der Waals surface area contributed by atoms with Crippen molar-refractivity contribution >= 4 is 16.9 Å². The van der Waals surface area contributed by atoms with E-state index in [4.69, 9.17) is 14.2 Å². The highest BCUT2D eigenvalue weighted by Crippen LogP contribution is 2.47. The van der Waals surface area contributed by atoms with E-state index in [0.717, 1.165) is 85.2 Å². The van der Waals surface area contributed by atoms with Gasteiger partial charge < -0.3 is 18.8 Å². The van der Waals surface area contributed by atoms with Crippen LogP contribution in [0.15, 0.2) is 78.4 Å². The maximum Gasteiger partial charge on any atom is 0.330 e. The van der Waals surface area contributed by atoms with Gasteiger partial charge in [-0.3, -0.25) is 0 Å². The van der Waals surface area contributed by atoms with E-state index < -0.39 is 0 Å². The van der Waals surface area contributed by atoms with Crippen LogP contribution in [0.1, 0.15) is 79.7 Å². The monoisotopic (exact) mass is 581 g/mol. The molecule has 1 atom stereocenters. The van der Waals surface area contributed by atoms with E-state index in [9.17, 15) is 9.18 Å². The van der Waals surface area contributed by atoms with Crippen LogP contribution in [0.25, 0.3) is 16.6 Å². The first-order chi connectivity index (χ1) is 21.0. The summed E-state index contributed by atoms with van der Waals surface area (Å²) in [7, 11) is 0. The zero-order valence-electron chi connectivity index (χ0n) is 25.1. The molecule has 0 bridgehead atoms. The molecular weight excluding hydrogens is 541 g/mol. The van der Waals surface area contributed by atoms with Crippen molar-refractivity contribution in [1.29, 1.82) is 0 Å². The third-order valence-corrected chi connectivity index (χ3v) is 8.85. The lowest BCUT2D eigenvalue weighted by atomic mass is 9.77. The summed E-state index contributed by atoms with van der Waals surface area (Å²) in [6, 6.07) is 22.0. The lowest BCUT2D eigenvalue weighted by Crippen LogP contribution is -2.20. The minimum Gasteiger partial charge on any atom is -0.489 e. The molecule has 5 nitrogen and oxygen atoms in total. The van der Waals surface area contributed by atoms with Crippen molar-refractivity contribution in [1.82, 2.24) is 4.57 Å². The molecule has 6 rings (SSSR count). The Hall–Kier alpha value is -3.90. The third kappa shape index (κ3) is 6.40. The van der Waals surface area contributed by atoms with Crippen LogP contribution in [0.3, 0.4) is 0 Å². The number of halogens is 1. The molecule has 2 aliphatic rings. The number of aromatic nitrogens is 1. The Bertz CT molecular complexity index is 1620. The summed E-state index contributed by atoms with van der Waals surface area (Å²) < 4.78 is 34.2. The van der Waals surface area contributed by atoms with E-state index in [-0.39, 0.29) is 17.7 Å². The summed E-state index contributed by atoms with van der Waals surface area (Å²) in [6.07, 6.45) is 7.33. The number of aryl methyl sites for hydroxylation is 1. The zero-order chi connectivity index (χ0) is 29.8. The average Bonchev–Trinajstić information content (AvgIpc) is 3.37. The number of nitrogens with zero attached hydrogens (tertiary/aromatic N) is 1. The second kappa shape index (κ2) is 13.2. The van der Waals surface area contributed by atoms with E-state index in [1.54, 1.807) is 12.1 Å². The minimum atomic E-state index is -0.261. The third-order valence-electron chi connectivity index (χ3n) is 8.85. The zero-order valence-corrected chi connectivity index (χ0v) is 25.1. The smallest absolute Gasteiger partial charge is 0.330 e. The summed E-state index contributed by atoms with van der Waals surface area (Å²) in [5.41, 5.74) is 7.55. The Kier molecular flexibility index (Phi) is 8.94. The van der Waals surface area contributed by atoms with Gasteiger partial charge in [0.15, 0.2) is 0 Å². The van der Waals surface area contributed by atoms with Crippen molar-refractivity contribution in [3.8, 4) is 11.4 Å².